The minimum atomic E-state index is 0.00814. The van der Waals surface area contributed by atoms with Crippen LogP contribution in [-0.4, -0.2) is 58.2 Å². The van der Waals surface area contributed by atoms with Crippen LogP contribution in [0.5, 0.6) is 0 Å². The lowest BCUT2D eigenvalue weighted by atomic mass is 9.96. The van der Waals surface area contributed by atoms with Gasteiger partial charge in [0.05, 0.1) is 11.9 Å². The molecular weight excluding hydrogens is 266 g/mol. The SMILES string of the molecule is CCN(CC)CC1CCN(C(=O)c2c(N)cnn2C)CC1. The number of amides is 1. The van der Waals surface area contributed by atoms with Crippen LogP contribution in [0, 0.1) is 5.92 Å². The number of likely N-dealkylation sites (tertiary alicyclic amines) is 1. The molecule has 1 saturated heterocycles. The zero-order valence-corrected chi connectivity index (χ0v) is 13.4. The first-order chi connectivity index (χ1) is 10.1. The Morgan fingerprint density at radius 2 is 2.00 bits per heavy atom. The molecule has 0 bridgehead atoms. The molecule has 0 aromatic carbocycles. The zero-order chi connectivity index (χ0) is 15.4. The Morgan fingerprint density at radius 1 is 1.38 bits per heavy atom. The molecule has 1 aliphatic rings. The maximum atomic E-state index is 12.5. The standard InChI is InChI=1S/C15H27N5O/c1-4-19(5-2)11-12-6-8-20(9-7-12)15(21)14-13(16)10-17-18(14)3/h10,12H,4-9,11,16H2,1-3H3. The van der Waals surface area contributed by atoms with Crippen LogP contribution in [0.4, 0.5) is 5.69 Å². The van der Waals surface area contributed by atoms with Crippen LogP contribution in [0.1, 0.15) is 37.2 Å². The van der Waals surface area contributed by atoms with Crippen molar-refractivity contribution in [1.82, 2.24) is 19.6 Å². The molecular formula is C15H27N5O. The van der Waals surface area contributed by atoms with Crippen LogP contribution in [0.2, 0.25) is 0 Å². The summed E-state index contributed by atoms with van der Waals surface area (Å²) in [6.45, 7) is 9.37. The number of nitrogens with zero attached hydrogens (tertiary/aromatic N) is 4. The highest BCUT2D eigenvalue weighted by Crippen LogP contribution is 2.21. The number of aryl methyl sites for hydroxylation is 1. The monoisotopic (exact) mass is 293 g/mol. The molecule has 0 atom stereocenters. The third kappa shape index (κ3) is 3.56. The zero-order valence-electron chi connectivity index (χ0n) is 13.4. The summed E-state index contributed by atoms with van der Waals surface area (Å²) < 4.78 is 1.57. The van der Waals surface area contributed by atoms with Crippen molar-refractivity contribution in [2.45, 2.75) is 26.7 Å². The van der Waals surface area contributed by atoms with E-state index in [0.717, 1.165) is 45.6 Å². The number of hydrogen-bond donors (Lipinski definition) is 1. The largest absolute Gasteiger partial charge is 0.396 e. The van der Waals surface area contributed by atoms with Crippen LogP contribution in [0.15, 0.2) is 6.20 Å². The van der Waals surface area contributed by atoms with E-state index in [1.54, 1.807) is 17.9 Å². The number of carbonyl (C=O) groups is 1. The lowest BCUT2D eigenvalue weighted by Crippen LogP contribution is -2.42. The molecule has 1 aliphatic heterocycles. The van der Waals surface area contributed by atoms with Crippen molar-refractivity contribution in [3.63, 3.8) is 0 Å². The fourth-order valence-corrected chi connectivity index (χ4v) is 3.03. The molecule has 1 aromatic heterocycles. The number of nitrogen functional groups attached to an aromatic ring is 1. The highest BCUT2D eigenvalue weighted by atomic mass is 16.2. The first kappa shape index (κ1) is 15.8. The van der Waals surface area contributed by atoms with Crippen molar-refractivity contribution in [3.05, 3.63) is 11.9 Å². The van der Waals surface area contributed by atoms with Crippen LogP contribution in [0.3, 0.4) is 0 Å². The van der Waals surface area contributed by atoms with E-state index in [1.807, 2.05) is 4.90 Å². The Balaban J connectivity index is 1.91. The summed E-state index contributed by atoms with van der Waals surface area (Å²) in [7, 11) is 1.76. The van der Waals surface area contributed by atoms with Crippen molar-refractivity contribution < 1.29 is 4.79 Å². The van der Waals surface area contributed by atoms with Gasteiger partial charge in [0.2, 0.25) is 0 Å². The number of aromatic nitrogens is 2. The maximum absolute atomic E-state index is 12.5. The van der Waals surface area contributed by atoms with Crippen molar-refractivity contribution >= 4 is 11.6 Å². The molecule has 2 rings (SSSR count). The van der Waals surface area contributed by atoms with Crippen molar-refractivity contribution in [2.24, 2.45) is 13.0 Å². The number of carbonyl (C=O) groups excluding carboxylic acids is 1. The van der Waals surface area contributed by atoms with Gasteiger partial charge in [-0.15, -0.1) is 0 Å². The Labute approximate surface area is 126 Å². The van der Waals surface area contributed by atoms with Crippen molar-refractivity contribution in [1.29, 1.82) is 0 Å². The Kier molecular flexibility index (Phi) is 5.22. The lowest BCUT2D eigenvalue weighted by Gasteiger charge is -2.34. The molecule has 1 fully saturated rings. The molecule has 118 valence electrons. The number of anilines is 1. The Morgan fingerprint density at radius 3 is 2.48 bits per heavy atom. The van der Waals surface area contributed by atoms with Crippen LogP contribution in [0.25, 0.3) is 0 Å². The van der Waals surface area contributed by atoms with Gasteiger partial charge >= 0.3 is 0 Å². The molecule has 0 aliphatic carbocycles. The molecule has 21 heavy (non-hydrogen) atoms. The second-order valence-electron chi connectivity index (χ2n) is 5.79. The summed E-state index contributed by atoms with van der Waals surface area (Å²) in [5.74, 6) is 0.701. The van der Waals surface area contributed by atoms with E-state index in [-0.39, 0.29) is 5.91 Å². The van der Waals surface area contributed by atoms with E-state index < -0.39 is 0 Å². The normalized spacial score (nSPS) is 16.7. The van der Waals surface area contributed by atoms with Gasteiger partial charge in [0, 0.05) is 26.7 Å². The summed E-state index contributed by atoms with van der Waals surface area (Å²) in [4.78, 5) is 16.9. The first-order valence-electron chi connectivity index (χ1n) is 7.85. The average Bonchev–Trinajstić information content (AvgIpc) is 2.84. The predicted molar refractivity (Wildman–Crippen MR) is 84.0 cm³/mol. The van der Waals surface area contributed by atoms with E-state index in [4.69, 9.17) is 5.73 Å². The van der Waals surface area contributed by atoms with Gasteiger partial charge in [0.15, 0.2) is 0 Å². The summed E-state index contributed by atoms with van der Waals surface area (Å²) >= 11 is 0. The van der Waals surface area contributed by atoms with E-state index in [1.165, 1.54) is 0 Å². The quantitative estimate of drug-likeness (QED) is 0.885. The van der Waals surface area contributed by atoms with E-state index in [0.29, 0.717) is 17.3 Å². The molecule has 1 aromatic rings. The van der Waals surface area contributed by atoms with E-state index in [2.05, 4.69) is 23.8 Å². The first-order valence-corrected chi connectivity index (χ1v) is 7.85. The van der Waals surface area contributed by atoms with Gasteiger partial charge in [-0.25, -0.2) is 0 Å². The van der Waals surface area contributed by atoms with Gasteiger partial charge < -0.3 is 15.5 Å². The highest BCUT2D eigenvalue weighted by Gasteiger charge is 2.27. The van der Waals surface area contributed by atoms with Gasteiger partial charge in [-0.2, -0.15) is 5.10 Å². The summed E-state index contributed by atoms with van der Waals surface area (Å²) in [5, 5.41) is 4.05. The molecule has 0 unspecified atom stereocenters. The van der Waals surface area contributed by atoms with Crippen molar-refractivity contribution in [2.75, 3.05) is 38.5 Å². The topological polar surface area (TPSA) is 67.4 Å². The van der Waals surface area contributed by atoms with Crippen molar-refractivity contribution in [3.8, 4) is 0 Å². The third-order valence-corrected chi connectivity index (χ3v) is 4.48. The van der Waals surface area contributed by atoms with Gasteiger partial charge in [-0.05, 0) is 31.8 Å². The Bertz CT molecular complexity index is 453. The smallest absolute Gasteiger partial charge is 0.274 e. The second kappa shape index (κ2) is 6.93. The molecule has 0 spiro atoms. The maximum Gasteiger partial charge on any atom is 0.274 e. The molecule has 0 radical (unpaired) electrons. The van der Waals surface area contributed by atoms with Gasteiger partial charge in [-0.1, -0.05) is 13.8 Å². The lowest BCUT2D eigenvalue weighted by molar-refractivity contribution is 0.0660. The van der Waals surface area contributed by atoms with E-state index >= 15 is 0 Å². The van der Waals surface area contributed by atoms with Gasteiger partial charge in [-0.3, -0.25) is 9.48 Å². The second-order valence-corrected chi connectivity index (χ2v) is 5.79. The molecule has 0 saturated carbocycles. The number of rotatable bonds is 5. The summed E-state index contributed by atoms with van der Waals surface area (Å²) in [6.07, 6.45) is 3.68. The number of piperidine rings is 1. The fraction of sp³-hybridized carbons (Fsp3) is 0.733. The molecule has 6 nitrogen and oxygen atoms in total. The minimum absolute atomic E-state index is 0.00814. The Hall–Kier alpha value is -1.56. The van der Waals surface area contributed by atoms with E-state index in [9.17, 15) is 4.79 Å². The van der Waals surface area contributed by atoms with Crippen LogP contribution < -0.4 is 5.73 Å². The highest BCUT2D eigenvalue weighted by molar-refractivity contribution is 5.97. The fourth-order valence-electron chi connectivity index (χ4n) is 3.03. The third-order valence-electron chi connectivity index (χ3n) is 4.48. The predicted octanol–water partition coefficient (Wildman–Crippen LogP) is 1.20. The van der Waals surface area contributed by atoms with Crippen LogP contribution in [-0.2, 0) is 7.05 Å². The molecule has 1 amide bonds. The van der Waals surface area contributed by atoms with Crippen LogP contribution >= 0.6 is 0 Å². The molecule has 2 N–H and O–H groups in total. The molecule has 6 heteroatoms. The van der Waals surface area contributed by atoms with Gasteiger partial charge in [0.1, 0.15) is 5.69 Å². The summed E-state index contributed by atoms with van der Waals surface area (Å²) in [5.41, 5.74) is 6.82. The molecule has 2 heterocycles. The summed E-state index contributed by atoms with van der Waals surface area (Å²) in [6, 6.07) is 0. The average molecular weight is 293 g/mol. The van der Waals surface area contributed by atoms with Gasteiger partial charge in [0.25, 0.3) is 5.91 Å². The number of nitrogens with two attached hydrogens (primary N) is 1. The minimum Gasteiger partial charge on any atom is -0.396 e. The number of hydrogen-bond acceptors (Lipinski definition) is 4.